The van der Waals surface area contributed by atoms with Crippen molar-refractivity contribution in [3.8, 4) is 0 Å². The Morgan fingerprint density at radius 3 is 2.39 bits per heavy atom. The molecular formula is C15H32N4O4. The van der Waals surface area contributed by atoms with Crippen LogP contribution in [0.1, 0.15) is 13.8 Å². The van der Waals surface area contributed by atoms with E-state index in [9.17, 15) is 15.0 Å². The Kier molecular flexibility index (Phi) is 8.21. The quantitative estimate of drug-likeness (QED) is 0.440. The molecule has 1 rings (SSSR count). The summed E-state index contributed by atoms with van der Waals surface area (Å²) < 4.78 is 5.72. The first kappa shape index (κ1) is 20.1. The summed E-state index contributed by atoms with van der Waals surface area (Å²) in [6.07, 6.45) is -1.78. The van der Waals surface area contributed by atoms with Gasteiger partial charge in [-0.05, 0) is 35.0 Å². The maximum absolute atomic E-state index is 11.7. The van der Waals surface area contributed by atoms with Crippen LogP contribution in [0.15, 0.2) is 0 Å². The Morgan fingerprint density at radius 2 is 1.87 bits per heavy atom. The molecule has 4 atom stereocenters. The molecule has 23 heavy (non-hydrogen) atoms. The van der Waals surface area contributed by atoms with Crippen molar-refractivity contribution < 1.29 is 19.7 Å². The number of carbonyl (C=O) groups is 1. The number of aliphatic hydroxyl groups is 2. The summed E-state index contributed by atoms with van der Waals surface area (Å²) in [4.78, 5) is 15.8. The van der Waals surface area contributed by atoms with Crippen molar-refractivity contribution >= 4 is 6.03 Å². The fourth-order valence-corrected chi connectivity index (χ4v) is 2.70. The monoisotopic (exact) mass is 332 g/mol. The summed E-state index contributed by atoms with van der Waals surface area (Å²) in [6, 6.07) is -0.486. The second-order valence-electron chi connectivity index (χ2n) is 6.67. The third kappa shape index (κ3) is 6.23. The number of carbonyl (C=O) groups excluding carboxylic acids is 1. The number of amides is 2. The maximum atomic E-state index is 11.7. The van der Waals surface area contributed by atoms with Gasteiger partial charge < -0.3 is 30.5 Å². The molecule has 8 nitrogen and oxygen atoms in total. The lowest BCUT2D eigenvalue weighted by atomic mass is 10.0. The highest BCUT2D eigenvalue weighted by Gasteiger charge is 2.45. The lowest BCUT2D eigenvalue weighted by Gasteiger charge is -2.31. The van der Waals surface area contributed by atoms with Gasteiger partial charge in [0.25, 0.3) is 0 Å². The number of rotatable bonds is 8. The van der Waals surface area contributed by atoms with Gasteiger partial charge in [-0.3, -0.25) is 4.90 Å². The normalized spacial score (nSPS) is 27.9. The fraction of sp³-hybridized carbons (Fsp3) is 0.933. The van der Waals surface area contributed by atoms with Gasteiger partial charge in [0.05, 0.1) is 18.8 Å². The van der Waals surface area contributed by atoms with E-state index in [4.69, 9.17) is 4.74 Å². The largest absolute Gasteiger partial charge is 0.394 e. The molecule has 1 aliphatic heterocycles. The first-order valence-electron chi connectivity index (χ1n) is 8.10. The molecule has 0 saturated carbocycles. The zero-order chi connectivity index (χ0) is 17.6. The number of hydrogen-bond donors (Lipinski definition) is 4. The van der Waals surface area contributed by atoms with Crippen LogP contribution in [0.25, 0.3) is 0 Å². The number of hydrogen-bond acceptors (Lipinski definition) is 6. The Bertz CT molecular complexity index is 367. The summed E-state index contributed by atoms with van der Waals surface area (Å²) in [5.74, 6) is 0. The van der Waals surface area contributed by atoms with Gasteiger partial charge in [-0.15, -0.1) is 0 Å². The molecule has 1 heterocycles. The predicted molar refractivity (Wildman–Crippen MR) is 88.4 cm³/mol. The summed E-state index contributed by atoms with van der Waals surface area (Å²) in [7, 11) is 5.89. The Labute approximate surface area is 138 Å². The molecule has 1 saturated heterocycles. The van der Waals surface area contributed by atoms with Crippen LogP contribution in [0.2, 0.25) is 0 Å². The molecule has 136 valence electrons. The lowest BCUT2D eigenvalue weighted by Crippen LogP contribution is -2.52. The first-order valence-corrected chi connectivity index (χ1v) is 8.10. The Hall–Kier alpha value is -0.930. The van der Waals surface area contributed by atoms with E-state index in [0.29, 0.717) is 0 Å². The van der Waals surface area contributed by atoms with Crippen molar-refractivity contribution in [1.29, 1.82) is 0 Å². The van der Waals surface area contributed by atoms with E-state index in [2.05, 4.69) is 15.5 Å². The Morgan fingerprint density at radius 1 is 1.22 bits per heavy atom. The molecule has 0 radical (unpaired) electrons. The molecule has 0 bridgehead atoms. The number of nitrogens with one attached hydrogen (secondary N) is 2. The van der Waals surface area contributed by atoms with Gasteiger partial charge in [0, 0.05) is 25.7 Å². The van der Waals surface area contributed by atoms with Crippen LogP contribution >= 0.6 is 0 Å². The number of likely N-dealkylation sites (N-methyl/N-ethyl adjacent to an activating group) is 2. The average molecular weight is 332 g/mol. The van der Waals surface area contributed by atoms with Gasteiger partial charge in [0.15, 0.2) is 0 Å². The highest BCUT2D eigenvalue weighted by molar-refractivity contribution is 5.74. The number of aliphatic hydroxyl groups excluding tert-OH is 2. The van der Waals surface area contributed by atoms with E-state index >= 15 is 0 Å². The fourth-order valence-electron chi connectivity index (χ4n) is 2.70. The summed E-state index contributed by atoms with van der Waals surface area (Å²) >= 11 is 0. The van der Waals surface area contributed by atoms with E-state index in [-0.39, 0.29) is 37.4 Å². The van der Waals surface area contributed by atoms with Gasteiger partial charge >= 0.3 is 6.03 Å². The van der Waals surface area contributed by atoms with Crippen molar-refractivity contribution in [3.05, 3.63) is 0 Å². The molecule has 0 aromatic rings. The molecule has 1 aliphatic rings. The third-order valence-corrected chi connectivity index (χ3v) is 3.93. The molecule has 0 aromatic carbocycles. The van der Waals surface area contributed by atoms with Gasteiger partial charge in [-0.2, -0.15) is 0 Å². The van der Waals surface area contributed by atoms with E-state index in [1.54, 1.807) is 0 Å². The Balaban J connectivity index is 2.63. The second-order valence-corrected chi connectivity index (χ2v) is 6.67. The second kappa shape index (κ2) is 9.39. The molecular weight excluding hydrogens is 300 g/mol. The van der Waals surface area contributed by atoms with Crippen LogP contribution in [0.5, 0.6) is 0 Å². The minimum Gasteiger partial charge on any atom is -0.394 e. The van der Waals surface area contributed by atoms with Crippen LogP contribution in [-0.4, -0.2) is 104 Å². The van der Waals surface area contributed by atoms with Gasteiger partial charge in [-0.25, -0.2) is 4.79 Å². The predicted octanol–water partition coefficient (Wildman–Crippen LogP) is -1.32. The standard InChI is InChI=1S/C15H32N4O4/c1-10(2)17-15(22)16-8-11-13(14(21)12(9-20)23-11)19(5)7-6-18(3)4/h10-14,20-21H,6-9H2,1-5H3,(H2,16,17,22). The summed E-state index contributed by atoms with van der Waals surface area (Å²) in [5.41, 5.74) is 0. The number of ether oxygens (including phenoxy) is 1. The molecule has 0 spiro atoms. The van der Waals surface area contributed by atoms with Gasteiger partial charge in [-0.1, -0.05) is 0 Å². The van der Waals surface area contributed by atoms with Crippen LogP contribution in [0, 0.1) is 0 Å². The van der Waals surface area contributed by atoms with Gasteiger partial charge in [0.2, 0.25) is 0 Å². The number of urea groups is 1. The van der Waals surface area contributed by atoms with Crippen LogP contribution in [0.3, 0.4) is 0 Å². The van der Waals surface area contributed by atoms with Crippen LogP contribution in [0.4, 0.5) is 4.79 Å². The van der Waals surface area contributed by atoms with Crippen molar-refractivity contribution in [3.63, 3.8) is 0 Å². The molecule has 8 heteroatoms. The van der Waals surface area contributed by atoms with Crippen molar-refractivity contribution in [1.82, 2.24) is 20.4 Å². The molecule has 0 aromatic heterocycles. The van der Waals surface area contributed by atoms with Crippen molar-refractivity contribution in [2.75, 3.05) is 47.4 Å². The lowest BCUT2D eigenvalue weighted by molar-refractivity contribution is -0.0206. The van der Waals surface area contributed by atoms with E-state index in [1.165, 1.54) is 0 Å². The molecule has 2 amide bonds. The molecule has 4 unspecified atom stereocenters. The van der Waals surface area contributed by atoms with E-state index in [1.807, 2.05) is 39.9 Å². The van der Waals surface area contributed by atoms with E-state index < -0.39 is 12.2 Å². The highest BCUT2D eigenvalue weighted by Crippen LogP contribution is 2.24. The zero-order valence-electron chi connectivity index (χ0n) is 14.8. The highest BCUT2D eigenvalue weighted by atomic mass is 16.5. The molecule has 0 aliphatic carbocycles. The average Bonchev–Trinajstić information content (AvgIpc) is 2.78. The van der Waals surface area contributed by atoms with Gasteiger partial charge in [0.1, 0.15) is 12.2 Å². The minimum absolute atomic E-state index is 0.0499. The zero-order valence-corrected chi connectivity index (χ0v) is 14.8. The molecule has 1 fully saturated rings. The van der Waals surface area contributed by atoms with E-state index in [0.717, 1.165) is 13.1 Å². The minimum atomic E-state index is -0.785. The summed E-state index contributed by atoms with van der Waals surface area (Å²) in [5, 5.41) is 25.3. The smallest absolute Gasteiger partial charge is 0.315 e. The van der Waals surface area contributed by atoms with Crippen LogP contribution < -0.4 is 10.6 Å². The first-order chi connectivity index (χ1) is 10.8. The number of nitrogens with zero attached hydrogens (tertiary/aromatic N) is 2. The van der Waals surface area contributed by atoms with Crippen LogP contribution in [-0.2, 0) is 4.74 Å². The van der Waals surface area contributed by atoms with Crippen molar-refractivity contribution in [2.24, 2.45) is 0 Å². The third-order valence-electron chi connectivity index (χ3n) is 3.93. The molecule has 4 N–H and O–H groups in total. The summed E-state index contributed by atoms with van der Waals surface area (Å²) in [6.45, 7) is 5.41. The SMILES string of the molecule is CC(C)NC(=O)NCC1OC(CO)C(O)C1N(C)CCN(C)C. The van der Waals surface area contributed by atoms with Crippen molar-refractivity contribution in [2.45, 2.75) is 44.2 Å². The topological polar surface area (TPSA) is 97.3 Å². The maximum Gasteiger partial charge on any atom is 0.315 e.